The summed E-state index contributed by atoms with van der Waals surface area (Å²) in [4.78, 5) is 0. The van der Waals surface area contributed by atoms with Crippen molar-refractivity contribution >= 4 is 0 Å². The quantitative estimate of drug-likeness (QED) is 0.472. The van der Waals surface area contributed by atoms with Gasteiger partial charge in [0.2, 0.25) is 5.79 Å². The maximum absolute atomic E-state index is 9.85. The lowest BCUT2D eigenvalue weighted by atomic mass is 10.0. The molecule has 1 unspecified atom stereocenters. The van der Waals surface area contributed by atoms with Gasteiger partial charge in [-0.25, -0.2) is 0 Å². The van der Waals surface area contributed by atoms with Gasteiger partial charge in [-0.15, -0.1) is 0 Å². The number of aliphatic hydroxyl groups is 1. The Morgan fingerprint density at radius 2 is 2.00 bits per heavy atom. The lowest BCUT2D eigenvalue weighted by molar-refractivity contribution is -0.177. The summed E-state index contributed by atoms with van der Waals surface area (Å²) in [5, 5.41) is 9.85. The minimum Gasteiger partial charge on any atom is -0.471 e. The number of ether oxygens (including phenoxy) is 1. The van der Waals surface area contributed by atoms with Gasteiger partial charge in [-0.3, -0.25) is 0 Å². The second-order valence-corrected chi connectivity index (χ2v) is 3.08. The van der Waals surface area contributed by atoms with Gasteiger partial charge in [0.1, 0.15) is 0 Å². The van der Waals surface area contributed by atoms with Crippen LogP contribution in [-0.4, -0.2) is 10.9 Å². The second kappa shape index (κ2) is 6.06. The smallest absolute Gasteiger partial charge is 0.207 e. The number of hydrogen-bond donors (Lipinski definition) is 1. The van der Waals surface area contributed by atoms with Crippen LogP contribution in [0.1, 0.15) is 46.0 Å². The van der Waals surface area contributed by atoms with Crippen LogP contribution in [0.3, 0.4) is 0 Å². The molecule has 12 heavy (non-hydrogen) atoms. The standard InChI is InChI=1S/C10H20O2/c1-4-7-9-10(11,8-5-2)12-6-3/h6,11H,3-5,7-9H2,1-2H3. The summed E-state index contributed by atoms with van der Waals surface area (Å²) in [5.41, 5.74) is 0. The largest absolute Gasteiger partial charge is 0.471 e. The van der Waals surface area contributed by atoms with Crippen LogP contribution in [0.25, 0.3) is 0 Å². The summed E-state index contributed by atoms with van der Waals surface area (Å²) in [6.07, 6.45) is 5.69. The van der Waals surface area contributed by atoms with Gasteiger partial charge >= 0.3 is 0 Å². The van der Waals surface area contributed by atoms with Crippen LogP contribution in [0.5, 0.6) is 0 Å². The zero-order valence-electron chi connectivity index (χ0n) is 8.18. The fraction of sp³-hybridized carbons (Fsp3) is 0.800. The summed E-state index contributed by atoms with van der Waals surface area (Å²) in [7, 11) is 0. The molecule has 0 saturated heterocycles. The normalized spacial score (nSPS) is 15.2. The number of unbranched alkanes of at least 4 members (excludes halogenated alkanes) is 1. The van der Waals surface area contributed by atoms with Gasteiger partial charge in [-0.1, -0.05) is 26.8 Å². The second-order valence-electron chi connectivity index (χ2n) is 3.08. The lowest BCUT2D eigenvalue weighted by Crippen LogP contribution is -2.30. The Hall–Kier alpha value is -0.500. The number of hydrogen-bond acceptors (Lipinski definition) is 2. The van der Waals surface area contributed by atoms with Crippen molar-refractivity contribution in [2.45, 2.75) is 51.7 Å². The van der Waals surface area contributed by atoms with Gasteiger partial charge in [0, 0.05) is 12.8 Å². The zero-order chi connectivity index (χ0) is 9.45. The van der Waals surface area contributed by atoms with E-state index in [1.54, 1.807) is 0 Å². The van der Waals surface area contributed by atoms with E-state index in [1.807, 2.05) is 6.92 Å². The highest BCUT2D eigenvalue weighted by molar-refractivity contribution is 4.70. The highest BCUT2D eigenvalue weighted by Crippen LogP contribution is 2.21. The van der Waals surface area contributed by atoms with Gasteiger partial charge in [0.25, 0.3) is 0 Å². The Balaban J connectivity index is 3.88. The molecule has 0 heterocycles. The molecule has 1 atom stereocenters. The predicted molar refractivity (Wildman–Crippen MR) is 50.7 cm³/mol. The molecule has 0 amide bonds. The van der Waals surface area contributed by atoms with Crippen molar-refractivity contribution in [1.82, 2.24) is 0 Å². The van der Waals surface area contributed by atoms with Gasteiger partial charge in [0.05, 0.1) is 6.26 Å². The molecule has 0 saturated carbocycles. The minimum absolute atomic E-state index is 0.680. The highest BCUT2D eigenvalue weighted by Gasteiger charge is 2.25. The number of rotatable bonds is 7. The van der Waals surface area contributed by atoms with Crippen LogP contribution in [0.2, 0.25) is 0 Å². The molecule has 2 heteroatoms. The van der Waals surface area contributed by atoms with Crippen LogP contribution < -0.4 is 0 Å². The molecule has 0 spiro atoms. The van der Waals surface area contributed by atoms with Crippen molar-refractivity contribution in [3.05, 3.63) is 12.8 Å². The summed E-state index contributed by atoms with van der Waals surface area (Å²) in [5.74, 6) is -0.966. The maximum Gasteiger partial charge on any atom is 0.207 e. The first kappa shape index (κ1) is 11.5. The molecular weight excluding hydrogens is 152 g/mol. The summed E-state index contributed by atoms with van der Waals surface area (Å²) in [6, 6.07) is 0. The van der Waals surface area contributed by atoms with Crippen LogP contribution >= 0.6 is 0 Å². The van der Waals surface area contributed by atoms with E-state index in [4.69, 9.17) is 4.74 Å². The Kier molecular flexibility index (Phi) is 5.81. The van der Waals surface area contributed by atoms with Crippen LogP contribution in [-0.2, 0) is 4.74 Å². The first-order valence-corrected chi connectivity index (χ1v) is 4.69. The molecule has 72 valence electrons. The van der Waals surface area contributed by atoms with E-state index in [2.05, 4.69) is 13.5 Å². The van der Waals surface area contributed by atoms with E-state index < -0.39 is 5.79 Å². The van der Waals surface area contributed by atoms with E-state index >= 15 is 0 Å². The topological polar surface area (TPSA) is 29.5 Å². The molecule has 2 nitrogen and oxygen atoms in total. The molecule has 1 N–H and O–H groups in total. The molecule has 0 aliphatic rings. The van der Waals surface area contributed by atoms with E-state index in [1.165, 1.54) is 6.26 Å². The summed E-state index contributed by atoms with van der Waals surface area (Å²) in [6.45, 7) is 7.58. The fourth-order valence-corrected chi connectivity index (χ4v) is 1.24. The molecule has 0 aromatic rings. The van der Waals surface area contributed by atoms with E-state index in [-0.39, 0.29) is 0 Å². The molecule has 0 bridgehead atoms. The van der Waals surface area contributed by atoms with Crippen LogP contribution in [0.15, 0.2) is 12.8 Å². The third-order valence-corrected chi connectivity index (χ3v) is 1.86. The molecule has 0 rings (SSSR count). The van der Waals surface area contributed by atoms with Gasteiger partial charge in [-0.2, -0.15) is 0 Å². The zero-order valence-corrected chi connectivity index (χ0v) is 8.18. The van der Waals surface area contributed by atoms with Crippen molar-refractivity contribution in [3.63, 3.8) is 0 Å². The first-order chi connectivity index (χ1) is 5.68. The Bertz CT molecular complexity index is 123. The van der Waals surface area contributed by atoms with Gasteiger partial charge < -0.3 is 9.84 Å². The Morgan fingerprint density at radius 3 is 2.42 bits per heavy atom. The van der Waals surface area contributed by atoms with Gasteiger partial charge in [-0.05, 0) is 12.8 Å². The van der Waals surface area contributed by atoms with Crippen molar-refractivity contribution in [2.24, 2.45) is 0 Å². The van der Waals surface area contributed by atoms with Crippen LogP contribution in [0, 0.1) is 0 Å². The Morgan fingerprint density at radius 1 is 1.33 bits per heavy atom. The molecule has 0 fully saturated rings. The molecule has 0 aromatic carbocycles. The lowest BCUT2D eigenvalue weighted by Gasteiger charge is -2.26. The summed E-state index contributed by atoms with van der Waals surface area (Å²) >= 11 is 0. The average Bonchev–Trinajstić information content (AvgIpc) is 2.02. The molecule has 0 aliphatic carbocycles. The Labute approximate surface area is 75.2 Å². The first-order valence-electron chi connectivity index (χ1n) is 4.69. The van der Waals surface area contributed by atoms with Crippen molar-refractivity contribution in [2.75, 3.05) is 0 Å². The highest BCUT2D eigenvalue weighted by atomic mass is 16.6. The van der Waals surface area contributed by atoms with Gasteiger partial charge in [0.15, 0.2) is 0 Å². The van der Waals surface area contributed by atoms with E-state index in [0.717, 1.165) is 19.3 Å². The van der Waals surface area contributed by atoms with E-state index in [9.17, 15) is 5.11 Å². The van der Waals surface area contributed by atoms with E-state index in [0.29, 0.717) is 12.8 Å². The average molecular weight is 172 g/mol. The molecule has 0 aromatic heterocycles. The summed E-state index contributed by atoms with van der Waals surface area (Å²) < 4.78 is 5.09. The minimum atomic E-state index is -0.966. The van der Waals surface area contributed by atoms with Crippen LogP contribution in [0.4, 0.5) is 0 Å². The fourth-order valence-electron chi connectivity index (χ4n) is 1.24. The van der Waals surface area contributed by atoms with Crippen molar-refractivity contribution in [3.8, 4) is 0 Å². The monoisotopic (exact) mass is 172 g/mol. The van der Waals surface area contributed by atoms with Crippen molar-refractivity contribution in [1.29, 1.82) is 0 Å². The van der Waals surface area contributed by atoms with Crippen molar-refractivity contribution < 1.29 is 9.84 Å². The molecular formula is C10H20O2. The SMILES string of the molecule is C=COC(O)(CCC)CCCC. The third-order valence-electron chi connectivity index (χ3n) is 1.86. The maximum atomic E-state index is 9.85. The predicted octanol–water partition coefficient (Wildman–Crippen LogP) is 2.83. The molecule has 0 radical (unpaired) electrons. The third kappa shape index (κ3) is 4.39. The molecule has 0 aliphatic heterocycles.